The predicted molar refractivity (Wildman–Crippen MR) is 83.3 cm³/mol. The average molecular weight is 316 g/mol. The first-order valence-electron chi connectivity index (χ1n) is 7.42. The Balaban J connectivity index is 1.41. The van der Waals surface area contributed by atoms with Crippen LogP contribution in [0.25, 0.3) is 0 Å². The van der Waals surface area contributed by atoms with E-state index in [1.54, 1.807) is 0 Å². The first-order chi connectivity index (χ1) is 10.8. The normalized spacial score (nSPS) is 19.9. The molecule has 22 heavy (non-hydrogen) atoms. The Morgan fingerprint density at radius 1 is 1.23 bits per heavy atom. The summed E-state index contributed by atoms with van der Waals surface area (Å²) in [5, 5.41) is 15.5. The van der Waals surface area contributed by atoms with Crippen molar-refractivity contribution < 1.29 is 9.53 Å². The molecule has 1 aromatic heterocycles. The lowest BCUT2D eigenvalue weighted by molar-refractivity contribution is 0.232. The van der Waals surface area contributed by atoms with Crippen molar-refractivity contribution in [2.45, 2.75) is 31.2 Å². The van der Waals surface area contributed by atoms with Gasteiger partial charge in [0.1, 0.15) is 10.8 Å². The molecule has 1 saturated carbocycles. The number of benzene rings is 1. The Hall–Kier alpha value is -2.15. The molecule has 2 aromatic rings. The summed E-state index contributed by atoms with van der Waals surface area (Å²) in [7, 11) is 0. The van der Waals surface area contributed by atoms with Crippen LogP contribution in [-0.2, 0) is 0 Å². The molecule has 0 bridgehead atoms. The monoisotopic (exact) mass is 316 g/mol. The minimum absolute atomic E-state index is 0.0410. The molecule has 2 amide bonds. The van der Waals surface area contributed by atoms with Crippen molar-refractivity contribution in [3.05, 3.63) is 34.8 Å². The van der Waals surface area contributed by atoms with Crippen molar-refractivity contribution in [2.24, 2.45) is 0 Å². The van der Waals surface area contributed by atoms with E-state index in [0.29, 0.717) is 17.7 Å². The van der Waals surface area contributed by atoms with Gasteiger partial charge in [0.25, 0.3) is 0 Å². The van der Waals surface area contributed by atoms with E-state index in [1.807, 2.05) is 24.3 Å². The first-order valence-corrected chi connectivity index (χ1v) is 8.24. The summed E-state index contributed by atoms with van der Waals surface area (Å²) < 4.78 is 5.60. The minimum atomic E-state index is -0.250. The number of nitrogens with one attached hydrogen (secondary N) is 2. The second-order valence-electron chi connectivity index (χ2n) is 5.55. The second kappa shape index (κ2) is 5.57. The lowest BCUT2D eigenvalue weighted by atomic mass is 10.0. The van der Waals surface area contributed by atoms with E-state index < -0.39 is 0 Å². The Morgan fingerprint density at radius 2 is 2.09 bits per heavy atom. The standard InChI is InChI=1S/C15H16N4O2S/c20-14(17-15-19-18-13(22-15)9-5-6-9)16-11-7-8-21-12-4-2-1-3-10(11)12/h1-4,9,11H,5-8H2,(H2,16,17,19,20)/t11-/m1/s1. The average Bonchev–Trinajstić information content (AvgIpc) is 3.28. The number of anilines is 1. The first kappa shape index (κ1) is 13.5. The van der Waals surface area contributed by atoms with E-state index in [2.05, 4.69) is 20.8 Å². The van der Waals surface area contributed by atoms with E-state index in [1.165, 1.54) is 24.2 Å². The number of aromatic nitrogens is 2. The van der Waals surface area contributed by atoms with Crippen molar-refractivity contribution in [1.29, 1.82) is 0 Å². The zero-order valence-electron chi connectivity index (χ0n) is 11.9. The van der Waals surface area contributed by atoms with Gasteiger partial charge in [-0.05, 0) is 18.9 Å². The number of hydrogen-bond donors (Lipinski definition) is 2. The molecule has 0 unspecified atom stereocenters. The highest BCUT2D eigenvalue weighted by Crippen LogP contribution is 2.42. The van der Waals surface area contributed by atoms with E-state index in [4.69, 9.17) is 4.74 Å². The second-order valence-corrected chi connectivity index (χ2v) is 6.55. The number of nitrogens with zero attached hydrogens (tertiary/aromatic N) is 2. The van der Waals surface area contributed by atoms with Crippen LogP contribution in [0.15, 0.2) is 24.3 Å². The van der Waals surface area contributed by atoms with E-state index >= 15 is 0 Å². The lowest BCUT2D eigenvalue weighted by Gasteiger charge is -2.26. The fraction of sp³-hybridized carbons (Fsp3) is 0.400. The van der Waals surface area contributed by atoms with Crippen molar-refractivity contribution in [3.63, 3.8) is 0 Å². The lowest BCUT2D eigenvalue weighted by Crippen LogP contribution is -2.35. The molecule has 1 atom stereocenters. The molecular weight excluding hydrogens is 300 g/mol. The molecule has 2 heterocycles. The summed E-state index contributed by atoms with van der Waals surface area (Å²) >= 11 is 1.46. The number of fused-ring (bicyclic) bond motifs is 1. The molecule has 2 aliphatic rings. The number of amides is 2. The number of hydrogen-bond acceptors (Lipinski definition) is 5. The maximum atomic E-state index is 12.2. The van der Waals surface area contributed by atoms with Gasteiger partial charge in [-0.1, -0.05) is 29.5 Å². The van der Waals surface area contributed by atoms with Gasteiger partial charge in [0.05, 0.1) is 12.6 Å². The molecule has 1 fully saturated rings. The fourth-order valence-electron chi connectivity index (χ4n) is 2.56. The third kappa shape index (κ3) is 2.76. The molecule has 1 aliphatic carbocycles. The van der Waals surface area contributed by atoms with Crippen LogP contribution >= 0.6 is 11.3 Å². The molecule has 4 rings (SSSR count). The van der Waals surface area contributed by atoms with Crippen molar-refractivity contribution in [3.8, 4) is 5.75 Å². The number of carbonyl (C=O) groups excluding carboxylic acids is 1. The number of urea groups is 1. The van der Waals surface area contributed by atoms with Crippen LogP contribution in [0.2, 0.25) is 0 Å². The predicted octanol–water partition coefficient (Wildman–Crippen LogP) is 3.06. The highest BCUT2D eigenvalue weighted by Gasteiger charge is 2.28. The smallest absolute Gasteiger partial charge is 0.321 e. The maximum Gasteiger partial charge on any atom is 0.321 e. The fourth-order valence-corrected chi connectivity index (χ4v) is 3.47. The van der Waals surface area contributed by atoms with Crippen LogP contribution in [0.4, 0.5) is 9.93 Å². The Kier molecular flexibility index (Phi) is 3.42. The third-order valence-electron chi connectivity index (χ3n) is 3.85. The summed E-state index contributed by atoms with van der Waals surface area (Å²) in [6.07, 6.45) is 3.12. The van der Waals surface area contributed by atoms with Gasteiger partial charge in [0, 0.05) is 17.9 Å². The van der Waals surface area contributed by atoms with E-state index in [9.17, 15) is 4.79 Å². The third-order valence-corrected chi connectivity index (χ3v) is 4.85. The number of rotatable bonds is 3. The Morgan fingerprint density at radius 3 is 2.95 bits per heavy atom. The van der Waals surface area contributed by atoms with Crippen LogP contribution in [0.5, 0.6) is 5.75 Å². The number of para-hydroxylation sites is 1. The summed E-state index contributed by atoms with van der Waals surface area (Å²) in [5.74, 6) is 1.39. The van der Waals surface area contributed by atoms with Gasteiger partial charge in [-0.2, -0.15) is 0 Å². The zero-order valence-corrected chi connectivity index (χ0v) is 12.7. The van der Waals surface area contributed by atoms with E-state index in [-0.39, 0.29) is 12.1 Å². The van der Waals surface area contributed by atoms with Crippen molar-refractivity contribution in [2.75, 3.05) is 11.9 Å². The van der Waals surface area contributed by atoms with Crippen LogP contribution in [-0.4, -0.2) is 22.8 Å². The van der Waals surface area contributed by atoms with Crippen LogP contribution in [0.1, 0.15) is 41.8 Å². The maximum absolute atomic E-state index is 12.2. The van der Waals surface area contributed by atoms with Gasteiger partial charge in [0.15, 0.2) is 0 Å². The van der Waals surface area contributed by atoms with Gasteiger partial charge in [-0.25, -0.2) is 4.79 Å². The molecule has 114 valence electrons. The van der Waals surface area contributed by atoms with Crippen molar-refractivity contribution >= 4 is 22.5 Å². The van der Waals surface area contributed by atoms with Gasteiger partial charge >= 0.3 is 6.03 Å². The molecular formula is C15H16N4O2S. The van der Waals surface area contributed by atoms with Gasteiger partial charge in [0.2, 0.25) is 5.13 Å². The SMILES string of the molecule is O=C(Nc1nnc(C2CC2)s1)N[C@@H]1CCOc2ccccc21. The van der Waals surface area contributed by atoms with Crippen LogP contribution < -0.4 is 15.4 Å². The van der Waals surface area contributed by atoms with Crippen LogP contribution in [0, 0.1) is 0 Å². The van der Waals surface area contributed by atoms with Gasteiger partial charge < -0.3 is 10.1 Å². The van der Waals surface area contributed by atoms with E-state index in [0.717, 1.165) is 22.7 Å². The number of ether oxygens (including phenoxy) is 1. The summed E-state index contributed by atoms with van der Waals surface area (Å²) in [6, 6.07) is 7.50. The molecule has 2 N–H and O–H groups in total. The molecule has 7 heteroatoms. The van der Waals surface area contributed by atoms with Crippen molar-refractivity contribution in [1.82, 2.24) is 15.5 Å². The highest BCUT2D eigenvalue weighted by molar-refractivity contribution is 7.15. The topological polar surface area (TPSA) is 76.1 Å². The van der Waals surface area contributed by atoms with Crippen LogP contribution in [0.3, 0.4) is 0 Å². The molecule has 0 spiro atoms. The van der Waals surface area contributed by atoms with Gasteiger partial charge in [-0.15, -0.1) is 10.2 Å². The van der Waals surface area contributed by atoms with Gasteiger partial charge in [-0.3, -0.25) is 5.32 Å². The largest absolute Gasteiger partial charge is 0.493 e. The molecule has 6 nitrogen and oxygen atoms in total. The quantitative estimate of drug-likeness (QED) is 0.912. The molecule has 0 saturated heterocycles. The zero-order chi connectivity index (χ0) is 14.9. The summed E-state index contributed by atoms with van der Waals surface area (Å²) in [6.45, 7) is 0.604. The summed E-state index contributed by atoms with van der Waals surface area (Å²) in [5.41, 5.74) is 1.01. The summed E-state index contributed by atoms with van der Waals surface area (Å²) in [4.78, 5) is 12.2. The molecule has 0 radical (unpaired) electrons. The minimum Gasteiger partial charge on any atom is -0.493 e. The Labute approximate surface area is 131 Å². The Bertz CT molecular complexity index is 698. The number of carbonyl (C=O) groups is 1. The molecule has 1 aromatic carbocycles. The molecule has 1 aliphatic heterocycles. The highest BCUT2D eigenvalue weighted by atomic mass is 32.1.